The molecule has 1 aliphatic heterocycles. The molecule has 1 aromatic carbocycles. The van der Waals surface area contributed by atoms with Crippen LogP contribution in [-0.2, 0) is 5.60 Å². The second kappa shape index (κ2) is 6.08. The molecule has 0 aliphatic carbocycles. The second-order valence-corrected chi connectivity index (χ2v) is 6.80. The Labute approximate surface area is 126 Å². The van der Waals surface area contributed by atoms with Gasteiger partial charge in [-0.3, -0.25) is 0 Å². The summed E-state index contributed by atoms with van der Waals surface area (Å²) in [7, 11) is 0. The Kier molecular flexibility index (Phi) is 4.82. The third-order valence-corrected chi connectivity index (χ3v) is 4.43. The van der Waals surface area contributed by atoms with Crippen LogP contribution in [0.15, 0.2) is 16.6 Å². The van der Waals surface area contributed by atoms with Crippen LogP contribution in [0.25, 0.3) is 0 Å². The van der Waals surface area contributed by atoms with Crippen molar-refractivity contribution in [3.63, 3.8) is 0 Å². The third-order valence-electron chi connectivity index (χ3n) is 3.82. The zero-order valence-electron chi connectivity index (χ0n) is 11.8. The monoisotopic (exact) mass is 347 g/mol. The number of nitrogens with zero attached hydrogens (tertiary/aromatic N) is 1. The summed E-state index contributed by atoms with van der Waals surface area (Å²) in [5, 5.41) is 10.7. The van der Waals surface area contributed by atoms with Crippen LogP contribution in [0.1, 0.15) is 32.3 Å². The van der Waals surface area contributed by atoms with E-state index in [-0.39, 0.29) is 10.0 Å². The molecule has 2 nitrogen and oxygen atoms in total. The number of halogens is 3. The Balaban J connectivity index is 2.20. The van der Waals surface area contributed by atoms with Gasteiger partial charge in [0.25, 0.3) is 0 Å². The summed E-state index contributed by atoms with van der Waals surface area (Å²) in [6.45, 7) is 6.52. The molecule has 20 heavy (non-hydrogen) atoms. The highest BCUT2D eigenvalue weighted by molar-refractivity contribution is 9.10. The molecule has 2 rings (SSSR count). The Hall–Kier alpha value is -0.520. The lowest BCUT2D eigenvalue weighted by Gasteiger charge is -2.39. The molecule has 1 aliphatic rings. The molecule has 0 aromatic heterocycles. The topological polar surface area (TPSA) is 23.5 Å². The molecule has 0 unspecified atom stereocenters. The summed E-state index contributed by atoms with van der Waals surface area (Å²) in [6.07, 6.45) is 0.702. The highest BCUT2D eigenvalue weighted by atomic mass is 79.9. The van der Waals surface area contributed by atoms with Crippen LogP contribution in [0.4, 0.5) is 8.78 Å². The summed E-state index contributed by atoms with van der Waals surface area (Å²) in [5.41, 5.74) is -1.61. The van der Waals surface area contributed by atoms with Gasteiger partial charge in [0.1, 0.15) is 11.6 Å². The minimum atomic E-state index is -1.41. The molecule has 0 amide bonds. The van der Waals surface area contributed by atoms with E-state index in [1.54, 1.807) is 0 Å². The first-order chi connectivity index (χ1) is 9.33. The fourth-order valence-electron chi connectivity index (χ4n) is 2.83. The van der Waals surface area contributed by atoms with Gasteiger partial charge in [-0.2, -0.15) is 0 Å². The van der Waals surface area contributed by atoms with Crippen molar-refractivity contribution in [3.05, 3.63) is 33.8 Å². The molecular weight excluding hydrogens is 328 g/mol. The number of piperidine rings is 1. The molecule has 1 heterocycles. The fraction of sp³-hybridized carbons (Fsp3) is 0.600. The van der Waals surface area contributed by atoms with Gasteiger partial charge < -0.3 is 10.0 Å². The maximum absolute atomic E-state index is 14.1. The van der Waals surface area contributed by atoms with E-state index < -0.39 is 17.2 Å². The van der Waals surface area contributed by atoms with E-state index in [9.17, 15) is 13.9 Å². The highest BCUT2D eigenvalue weighted by Gasteiger charge is 2.39. The Morgan fingerprint density at radius 3 is 2.45 bits per heavy atom. The molecule has 1 aromatic rings. The van der Waals surface area contributed by atoms with Crippen LogP contribution in [-0.4, -0.2) is 29.6 Å². The van der Waals surface area contributed by atoms with Crippen LogP contribution in [0.2, 0.25) is 0 Å². The van der Waals surface area contributed by atoms with Gasteiger partial charge in [-0.25, -0.2) is 8.78 Å². The second-order valence-electron chi connectivity index (χ2n) is 5.94. The summed E-state index contributed by atoms with van der Waals surface area (Å²) >= 11 is 3.05. The lowest BCUT2D eigenvalue weighted by atomic mass is 9.83. The van der Waals surface area contributed by atoms with Gasteiger partial charge in [0, 0.05) is 19.6 Å². The van der Waals surface area contributed by atoms with Crippen molar-refractivity contribution in [2.24, 2.45) is 5.92 Å². The van der Waals surface area contributed by atoms with Gasteiger partial charge in [0.15, 0.2) is 0 Å². The number of hydrogen-bond donors (Lipinski definition) is 1. The number of likely N-dealkylation sites (tertiary alicyclic amines) is 1. The predicted molar refractivity (Wildman–Crippen MR) is 78.5 cm³/mol. The van der Waals surface area contributed by atoms with Crippen molar-refractivity contribution in [1.82, 2.24) is 4.90 Å². The van der Waals surface area contributed by atoms with E-state index in [2.05, 4.69) is 34.7 Å². The van der Waals surface area contributed by atoms with Crippen molar-refractivity contribution >= 4 is 15.9 Å². The average molecular weight is 348 g/mol. The van der Waals surface area contributed by atoms with Crippen LogP contribution < -0.4 is 0 Å². The standard InChI is InChI=1S/C15H20BrF2NO/c1-10(2)9-19-7-5-15(20,6-8-19)13-12(17)4-3-11(16)14(13)18/h3-4,10,20H,5-9H2,1-2H3. The molecule has 1 fully saturated rings. The third kappa shape index (κ3) is 3.21. The number of rotatable bonds is 3. The molecule has 0 saturated carbocycles. The van der Waals surface area contributed by atoms with Gasteiger partial charge in [-0.15, -0.1) is 0 Å². The number of aliphatic hydroxyl groups is 1. The van der Waals surface area contributed by atoms with Gasteiger partial charge in [0.05, 0.1) is 15.6 Å². The number of benzene rings is 1. The van der Waals surface area contributed by atoms with E-state index in [0.29, 0.717) is 31.8 Å². The minimum Gasteiger partial charge on any atom is -0.385 e. The maximum atomic E-state index is 14.1. The fourth-order valence-corrected chi connectivity index (χ4v) is 3.16. The quantitative estimate of drug-likeness (QED) is 0.843. The van der Waals surface area contributed by atoms with E-state index >= 15 is 0 Å². The van der Waals surface area contributed by atoms with E-state index in [0.717, 1.165) is 6.54 Å². The van der Waals surface area contributed by atoms with Gasteiger partial charge in [-0.05, 0) is 46.8 Å². The normalized spacial score (nSPS) is 19.6. The predicted octanol–water partition coefficient (Wildman–Crippen LogP) is 3.67. The molecule has 1 saturated heterocycles. The van der Waals surface area contributed by atoms with Crippen LogP contribution in [0.3, 0.4) is 0 Å². The first kappa shape index (κ1) is 15.9. The Bertz CT molecular complexity index is 485. The van der Waals surface area contributed by atoms with Crippen molar-refractivity contribution in [3.8, 4) is 0 Å². The largest absolute Gasteiger partial charge is 0.385 e. The van der Waals surface area contributed by atoms with Crippen molar-refractivity contribution in [2.45, 2.75) is 32.3 Å². The van der Waals surface area contributed by atoms with Crippen LogP contribution >= 0.6 is 15.9 Å². The molecule has 0 spiro atoms. The van der Waals surface area contributed by atoms with Crippen molar-refractivity contribution in [1.29, 1.82) is 0 Å². The molecule has 112 valence electrons. The first-order valence-corrected chi connectivity index (χ1v) is 7.71. The molecule has 5 heteroatoms. The van der Waals surface area contributed by atoms with E-state index in [4.69, 9.17) is 0 Å². The minimum absolute atomic E-state index is 0.187. The summed E-state index contributed by atoms with van der Waals surface area (Å²) < 4.78 is 28.3. The smallest absolute Gasteiger partial charge is 0.146 e. The van der Waals surface area contributed by atoms with Gasteiger partial charge >= 0.3 is 0 Å². The zero-order chi connectivity index (χ0) is 14.9. The summed E-state index contributed by atoms with van der Waals surface area (Å²) in [6, 6.07) is 2.52. The van der Waals surface area contributed by atoms with Crippen molar-refractivity contribution in [2.75, 3.05) is 19.6 Å². The first-order valence-electron chi connectivity index (χ1n) is 6.92. The van der Waals surface area contributed by atoms with E-state index in [1.807, 2.05) is 0 Å². The van der Waals surface area contributed by atoms with Crippen molar-refractivity contribution < 1.29 is 13.9 Å². The van der Waals surface area contributed by atoms with Crippen LogP contribution in [0, 0.1) is 17.6 Å². The maximum Gasteiger partial charge on any atom is 0.146 e. The van der Waals surface area contributed by atoms with Gasteiger partial charge in [0.2, 0.25) is 0 Å². The molecule has 1 N–H and O–H groups in total. The number of hydrogen-bond acceptors (Lipinski definition) is 2. The zero-order valence-corrected chi connectivity index (χ0v) is 13.4. The summed E-state index contributed by atoms with van der Waals surface area (Å²) in [5.74, 6) is -0.823. The van der Waals surface area contributed by atoms with E-state index in [1.165, 1.54) is 12.1 Å². The molecular formula is C15H20BrF2NO. The Morgan fingerprint density at radius 2 is 1.90 bits per heavy atom. The lowest BCUT2D eigenvalue weighted by molar-refractivity contribution is -0.0332. The molecule has 0 radical (unpaired) electrons. The van der Waals surface area contributed by atoms with Gasteiger partial charge in [-0.1, -0.05) is 13.8 Å². The molecule has 0 bridgehead atoms. The summed E-state index contributed by atoms with van der Waals surface area (Å²) in [4.78, 5) is 2.23. The average Bonchev–Trinajstić information content (AvgIpc) is 2.37. The van der Waals surface area contributed by atoms with Crippen LogP contribution in [0.5, 0.6) is 0 Å². The lowest BCUT2D eigenvalue weighted by Crippen LogP contribution is -2.44. The molecule has 0 atom stereocenters. The highest BCUT2D eigenvalue weighted by Crippen LogP contribution is 2.38. The Morgan fingerprint density at radius 1 is 1.30 bits per heavy atom. The SMILES string of the molecule is CC(C)CN1CCC(O)(c2c(F)ccc(Br)c2F)CC1.